The summed E-state index contributed by atoms with van der Waals surface area (Å²) >= 11 is 2.07. The Balaban J connectivity index is 1.63. The van der Waals surface area contributed by atoms with E-state index in [0.717, 1.165) is 19.0 Å². The summed E-state index contributed by atoms with van der Waals surface area (Å²) in [6.07, 6.45) is 4.90. The molecule has 1 fully saturated rings. The summed E-state index contributed by atoms with van der Waals surface area (Å²) < 4.78 is 4.99. The van der Waals surface area contributed by atoms with E-state index in [1.807, 2.05) is 6.07 Å². The van der Waals surface area contributed by atoms with Gasteiger partial charge in [-0.2, -0.15) is 11.8 Å². The molecule has 13 heavy (non-hydrogen) atoms. The molecule has 1 aromatic rings. The molecule has 1 aliphatic rings. The van der Waals surface area contributed by atoms with Crippen molar-refractivity contribution in [3.05, 3.63) is 24.2 Å². The molecule has 2 nitrogen and oxygen atoms in total. The van der Waals surface area contributed by atoms with Crippen molar-refractivity contribution in [1.82, 2.24) is 5.32 Å². The van der Waals surface area contributed by atoms with Gasteiger partial charge in [-0.3, -0.25) is 0 Å². The second-order valence-corrected chi connectivity index (χ2v) is 4.64. The lowest BCUT2D eigenvalue weighted by atomic mass is 10.1. The number of furan rings is 1. The number of thioether (sulfide) groups is 1. The van der Waals surface area contributed by atoms with Crippen LogP contribution in [0, 0.1) is 5.92 Å². The summed E-state index contributed by atoms with van der Waals surface area (Å²) in [7, 11) is 0. The molecule has 1 unspecified atom stereocenters. The normalized spacial score (nSPS) is 22.3. The standard InChI is InChI=1S/C10H15NOS/c1-3-12-7-9(1)5-11-6-10-2-4-13-8-10/h1,3,7,10-11H,2,4-6,8H2. The third-order valence-electron chi connectivity index (χ3n) is 2.37. The lowest BCUT2D eigenvalue weighted by Gasteiger charge is -2.08. The van der Waals surface area contributed by atoms with Crippen LogP contribution in [0.1, 0.15) is 12.0 Å². The van der Waals surface area contributed by atoms with Crippen molar-refractivity contribution in [3.8, 4) is 0 Å². The van der Waals surface area contributed by atoms with Crippen molar-refractivity contribution >= 4 is 11.8 Å². The topological polar surface area (TPSA) is 25.2 Å². The molecule has 1 saturated heterocycles. The molecule has 0 saturated carbocycles. The molecule has 0 aromatic carbocycles. The van der Waals surface area contributed by atoms with Crippen LogP contribution >= 0.6 is 11.8 Å². The summed E-state index contributed by atoms with van der Waals surface area (Å²) in [4.78, 5) is 0. The second kappa shape index (κ2) is 4.72. The minimum absolute atomic E-state index is 0.886. The van der Waals surface area contributed by atoms with Crippen molar-refractivity contribution in [2.75, 3.05) is 18.1 Å². The Morgan fingerprint density at radius 2 is 2.62 bits per heavy atom. The van der Waals surface area contributed by atoms with Crippen molar-refractivity contribution < 1.29 is 4.42 Å². The van der Waals surface area contributed by atoms with Crippen LogP contribution in [0.5, 0.6) is 0 Å². The Morgan fingerprint density at radius 3 is 3.31 bits per heavy atom. The Labute approximate surface area is 83.1 Å². The molecule has 1 aliphatic heterocycles. The minimum atomic E-state index is 0.886. The van der Waals surface area contributed by atoms with Gasteiger partial charge in [0.2, 0.25) is 0 Å². The van der Waals surface area contributed by atoms with E-state index in [1.54, 1.807) is 12.5 Å². The number of nitrogens with one attached hydrogen (secondary N) is 1. The average molecular weight is 197 g/mol. The molecule has 1 aromatic heterocycles. The van der Waals surface area contributed by atoms with E-state index >= 15 is 0 Å². The summed E-state index contributed by atoms with van der Waals surface area (Å²) in [5.41, 5.74) is 1.24. The van der Waals surface area contributed by atoms with Gasteiger partial charge in [-0.05, 0) is 36.5 Å². The van der Waals surface area contributed by atoms with Crippen LogP contribution in [0.2, 0.25) is 0 Å². The Bertz CT molecular complexity index is 229. The zero-order chi connectivity index (χ0) is 8.93. The van der Waals surface area contributed by atoms with Gasteiger partial charge in [0.1, 0.15) is 0 Å². The van der Waals surface area contributed by atoms with Gasteiger partial charge in [0.05, 0.1) is 12.5 Å². The van der Waals surface area contributed by atoms with Gasteiger partial charge in [0, 0.05) is 12.1 Å². The minimum Gasteiger partial charge on any atom is -0.472 e. The van der Waals surface area contributed by atoms with Crippen LogP contribution in [-0.4, -0.2) is 18.1 Å². The molecule has 0 aliphatic carbocycles. The number of hydrogen-bond acceptors (Lipinski definition) is 3. The first-order valence-electron chi connectivity index (χ1n) is 4.74. The zero-order valence-corrected chi connectivity index (χ0v) is 8.48. The predicted molar refractivity (Wildman–Crippen MR) is 55.8 cm³/mol. The first-order chi connectivity index (χ1) is 6.45. The molecule has 0 bridgehead atoms. The Morgan fingerprint density at radius 1 is 1.62 bits per heavy atom. The molecular weight excluding hydrogens is 182 g/mol. The van der Waals surface area contributed by atoms with Crippen LogP contribution in [-0.2, 0) is 6.54 Å². The maximum Gasteiger partial charge on any atom is 0.0947 e. The third-order valence-corrected chi connectivity index (χ3v) is 3.60. The molecule has 72 valence electrons. The fraction of sp³-hybridized carbons (Fsp3) is 0.600. The maximum atomic E-state index is 4.99. The van der Waals surface area contributed by atoms with Gasteiger partial charge < -0.3 is 9.73 Å². The summed E-state index contributed by atoms with van der Waals surface area (Å²) in [5, 5.41) is 3.46. The largest absolute Gasteiger partial charge is 0.472 e. The van der Waals surface area contributed by atoms with E-state index in [-0.39, 0.29) is 0 Å². The van der Waals surface area contributed by atoms with Gasteiger partial charge in [0.25, 0.3) is 0 Å². The highest BCUT2D eigenvalue weighted by molar-refractivity contribution is 7.99. The zero-order valence-electron chi connectivity index (χ0n) is 7.66. The highest BCUT2D eigenvalue weighted by Crippen LogP contribution is 2.22. The molecule has 1 N–H and O–H groups in total. The fourth-order valence-corrected chi connectivity index (χ4v) is 2.84. The van der Waals surface area contributed by atoms with E-state index in [1.165, 1.54) is 23.5 Å². The summed E-state index contributed by atoms with van der Waals surface area (Å²) in [6.45, 7) is 2.09. The molecule has 1 atom stereocenters. The van der Waals surface area contributed by atoms with Crippen molar-refractivity contribution in [2.45, 2.75) is 13.0 Å². The van der Waals surface area contributed by atoms with Crippen LogP contribution in [0.15, 0.2) is 23.0 Å². The lowest BCUT2D eigenvalue weighted by Crippen LogP contribution is -2.21. The summed E-state index contributed by atoms with van der Waals surface area (Å²) in [5.74, 6) is 3.56. The van der Waals surface area contributed by atoms with Crippen molar-refractivity contribution in [1.29, 1.82) is 0 Å². The van der Waals surface area contributed by atoms with Crippen LogP contribution in [0.3, 0.4) is 0 Å². The molecule has 0 amide bonds. The van der Waals surface area contributed by atoms with Gasteiger partial charge in [0.15, 0.2) is 0 Å². The lowest BCUT2D eigenvalue weighted by molar-refractivity contribution is 0.518. The molecule has 0 spiro atoms. The average Bonchev–Trinajstić information content (AvgIpc) is 2.75. The van der Waals surface area contributed by atoms with E-state index in [9.17, 15) is 0 Å². The van der Waals surface area contributed by atoms with E-state index < -0.39 is 0 Å². The first-order valence-corrected chi connectivity index (χ1v) is 5.90. The number of rotatable bonds is 4. The molecular formula is C10H15NOS. The Hall–Kier alpha value is -0.410. The summed E-state index contributed by atoms with van der Waals surface area (Å²) in [6, 6.07) is 2.01. The molecule has 0 radical (unpaired) electrons. The van der Waals surface area contributed by atoms with Gasteiger partial charge >= 0.3 is 0 Å². The number of hydrogen-bond donors (Lipinski definition) is 1. The van der Waals surface area contributed by atoms with Gasteiger partial charge in [-0.15, -0.1) is 0 Å². The first kappa shape index (κ1) is 9.16. The van der Waals surface area contributed by atoms with Crippen LogP contribution in [0.25, 0.3) is 0 Å². The molecule has 2 heterocycles. The SMILES string of the molecule is c1cc(CNCC2CCSC2)co1. The van der Waals surface area contributed by atoms with E-state index in [4.69, 9.17) is 4.42 Å². The Kier molecular flexibility index (Phi) is 3.33. The quantitative estimate of drug-likeness (QED) is 0.800. The highest BCUT2D eigenvalue weighted by Gasteiger charge is 2.14. The molecule has 3 heteroatoms. The van der Waals surface area contributed by atoms with E-state index in [0.29, 0.717) is 0 Å². The maximum absolute atomic E-state index is 4.99. The third kappa shape index (κ3) is 2.78. The van der Waals surface area contributed by atoms with Crippen LogP contribution in [0.4, 0.5) is 0 Å². The fourth-order valence-electron chi connectivity index (χ4n) is 1.56. The van der Waals surface area contributed by atoms with Crippen LogP contribution < -0.4 is 5.32 Å². The predicted octanol–water partition coefficient (Wildman–Crippen LogP) is 2.12. The van der Waals surface area contributed by atoms with Gasteiger partial charge in [-0.25, -0.2) is 0 Å². The highest BCUT2D eigenvalue weighted by atomic mass is 32.2. The monoisotopic (exact) mass is 197 g/mol. The van der Waals surface area contributed by atoms with Crippen molar-refractivity contribution in [3.63, 3.8) is 0 Å². The van der Waals surface area contributed by atoms with Gasteiger partial charge in [-0.1, -0.05) is 0 Å². The van der Waals surface area contributed by atoms with Crippen molar-refractivity contribution in [2.24, 2.45) is 5.92 Å². The smallest absolute Gasteiger partial charge is 0.0947 e. The molecule has 2 rings (SSSR count). The van der Waals surface area contributed by atoms with E-state index in [2.05, 4.69) is 17.1 Å². The second-order valence-electron chi connectivity index (χ2n) is 3.49.